The molecule has 1 aliphatic heterocycles. The number of piperazine rings is 1. The van der Waals surface area contributed by atoms with Crippen LogP contribution in [-0.2, 0) is 16.6 Å². The summed E-state index contributed by atoms with van der Waals surface area (Å²) in [4.78, 5) is 2.35. The monoisotopic (exact) mass is 402 g/mol. The Labute approximate surface area is 156 Å². The molecule has 0 bridgehead atoms. The molecule has 0 aromatic heterocycles. The van der Waals surface area contributed by atoms with Crippen molar-refractivity contribution in [3.8, 4) is 0 Å². The fraction of sp³-hybridized carbons (Fsp3) is 0.294. The van der Waals surface area contributed by atoms with Crippen LogP contribution in [0.4, 0.5) is 4.39 Å². The zero-order valence-electron chi connectivity index (χ0n) is 13.3. The molecule has 0 radical (unpaired) electrons. The van der Waals surface area contributed by atoms with E-state index >= 15 is 0 Å². The van der Waals surface area contributed by atoms with Crippen molar-refractivity contribution in [1.82, 2.24) is 9.21 Å². The Morgan fingerprint density at radius 1 is 0.960 bits per heavy atom. The van der Waals surface area contributed by atoms with Crippen molar-refractivity contribution in [2.24, 2.45) is 0 Å². The first-order valence-electron chi connectivity index (χ1n) is 7.78. The van der Waals surface area contributed by atoms with Gasteiger partial charge in [0.2, 0.25) is 10.0 Å². The maximum absolute atomic E-state index is 13.1. The van der Waals surface area contributed by atoms with E-state index in [2.05, 4.69) is 4.90 Å². The molecule has 134 valence electrons. The third-order valence-corrected chi connectivity index (χ3v) is 6.71. The molecular weight excluding hydrogens is 386 g/mol. The van der Waals surface area contributed by atoms with Gasteiger partial charge in [0.25, 0.3) is 0 Å². The lowest BCUT2D eigenvalue weighted by atomic mass is 10.2. The third kappa shape index (κ3) is 4.33. The average molecular weight is 403 g/mol. The predicted molar refractivity (Wildman–Crippen MR) is 96.9 cm³/mol. The van der Waals surface area contributed by atoms with Gasteiger partial charge in [0.05, 0.1) is 4.90 Å². The van der Waals surface area contributed by atoms with Crippen LogP contribution in [0.15, 0.2) is 47.4 Å². The zero-order valence-corrected chi connectivity index (χ0v) is 15.7. The molecule has 1 fully saturated rings. The number of rotatable bonds is 4. The third-order valence-electron chi connectivity index (χ3n) is 4.19. The smallest absolute Gasteiger partial charge is 0.243 e. The number of halogens is 3. The second kappa shape index (κ2) is 7.60. The summed E-state index contributed by atoms with van der Waals surface area (Å²) < 4.78 is 39.9. The van der Waals surface area contributed by atoms with Gasteiger partial charge in [-0.25, -0.2) is 12.8 Å². The second-order valence-electron chi connectivity index (χ2n) is 5.87. The van der Waals surface area contributed by atoms with Gasteiger partial charge in [-0.3, -0.25) is 4.90 Å². The fourth-order valence-corrected chi connectivity index (χ4v) is 4.55. The fourth-order valence-electron chi connectivity index (χ4n) is 2.77. The van der Waals surface area contributed by atoms with E-state index in [1.165, 1.54) is 28.6 Å². The SMILES string of the molecule is O=S(=O)(c1ccc(Cl)cc1)N1CCN(Cc2ccc(F)cc2Cl)CC1. The van der Waals surface area contributed by atoms with Crippen molar-refractivity contribution in [3.05, 3.63) is 63.9 Å². The lowest BCUT2D eigenvalue weighted by molar-refractivity contribution is 0.181. The number of hydrogen-bond acceptors (Lipinski definition) is 3. The topological polar surface area (TPSA) is 40.6 Å². The molecule has 0 amide bonds. The summed E-state index contributed by atoms with van der Waals surface area (Å²) in [7, 11) is -3.52. The number of nitrogens with zero attached hydrogens (tertiary/aromatic N) is 2. The molecule has 2 aromatic carbocycles. The van der Waals surface area contributed by atoms with Crippen molar-refractivity contribution in [2.75, 3.05) is 26.2 Å². The standard InChI is InChI=1S/C17H17Cl2FN2O2S/c18-14-2-5-16(6-3-14)25(23,24)22-9-7-21(8-10-22)12-13-1-4-15(20)11-17(13)19/h1-6,11H,7-10,12H2. The maximum Gasteiger partial charge on any atom is 0.243 e. The Morgan fingerprint density at radius 3 is 2.20 bits per heavy atom. The van der Waals surface area contributed by atoms with E-state index in [4.69, 9.17) is 23.2 Å². The Balaban J connectivity index is 1.64. The lowest BCUT2D eigenvalue weighted by Gasteiger charge is -2.34. The first-order valence-corrected chi connectivity index (χ1v) is 9.98. The van der Waals surface area contributed by atoms with Gasteiger partial charge in [-0.2, -0.15) is 4.31 Å². The Hall–Kier alpha value is -1.18. The molecule has 0 spiro atoms. The van der Waals surface area contributed by atoms with Gasteiger partial charge in [-0.1, -0.05) is 29.3 Å². The summed E-state index contributed by atoms with van der Waals surface area (Å²) >= 11 is 11.9. The van der Waals surface area contributed by atoms with Crippen LogP contribution in [0.2, 0.25) is 10.0 Å². The van der Waals surface area contributed by atoms with Crippen molar-refractivity contribution < 1.29 is 12.8 Å². The van der Waals surface area contributed by atoms with E-state index in [0.717, 1.165) is 5.56 Å². The summed E-state index contributed by atoms with van der Waals surface area (Å²) in [5.41, 5.74) is 0.831. The van der Waals surface area contributed by atoms with E-state index in [0.29, 0.717) is 42.8 Å². The summed E-state index contributed by atoms with van der Waals surface area (Å²) in [5.74, 6) is -0.368. The molecule has 0 aliphatic carbocycles. The average Bonchev–Trinajstić information content (AvgIpc) is 2.58. The van der Waals surface area contributed by atoms with Crippen LogP contribution in [-0.4, -0.2) is 43.8 Å². The lowest BCUT2D eigenvalue weighted by Crippen LogP contribution is -2.48. The molecule has 3 rings (SSSR count). The van der Waals surface area contributed by atoms with Gasteiger partial charge in [-0.15, -0.1) is 0 Å². The van der Waals surface area contributed by atoms with Crippen LogP contribution < -0.4 is 0 Å². The van der Waals surface area contributed by atoms with Crippen LogP contribution in [0.1, 0.15) is 5.56 Å². The molecule has 0 saturated carbocycles. The van der Waals surface area contributed by atoms with Gasteiger partial charge in [-0.05, 0) is 42.0 Å². The Bertz CT molecular complexity index is 851. The van der Waals surface area contributed by atoms with Crippen LogP contribution >= 0.6 is 23.2 Å². The van der Waals surface area contributed by atoms with Crippen molar-refractivity contribution in [1.29, 1.82) is 0 Å². The van der Waals surface area contributed by atoms with Crippen molar-refractivity contribution in [3.63, 3.8) is 0 Å². The van der Waals surface area contributed by atoms with E-state index in [9.17, 15) is 12.8 Å². The first kappa shape index (κ1) is 18.6. The van der Waals surface area contributed by atoms with Gasteiger partial charge in [0.1, 0.15) is 5.82 Å². The summed E-state index contributed by atoms with van der Waals surface area (Å²) in [5, 5.41) is 0.885. The molecule has 0 unspecified atom stereocenters. The minimum absolute atomic E-state index is 0.243. The van der Waals surface area contributed by atoms with Crippen LogP contribution in [0.5, 0.6) is 0 Å². The molecule has 25 heavy (non-hydrogen) atoms. The van der Waals surface area contributed by atoms with Crippen LogP contribution in [0.3, 0.4) is 0 Å². The summed E-state index contributed by atoms with van der Waals surface area (Å²) in [6, 6.07) is 10.5. The van der Waals surface area contributed by atoms with Gasteiger partial charge < -0.3 is 0 Å². The highest BCUT2D eigenvalue weighted by Crippen LogP contribution is 2.22. The quantitative estimate of drug-likeness (QED) is 0.783. The van der Waals surface area contributed by atoms with E-state index < -0.39 is 10.0 Å². The maximum atomic E-state index is 13.1. The first-order chi connectivity index (χ1) is 11.9. The molecule has 1 heterocycles. The summed E-state index contributed by atoms with van der Waals surface area (Å²) in [6.45, 7) is 2.52. The molecule has 0 atom stereocenters. The molecule has 2 aromatic rings. The molecular formula is C17H17Cl2FN2O2S. The number of benzene rings is 2. The number of hydrogen-bond donors (Lipinski definition) is 0. The highest BCUT2D eigenvalue weighted by atomic mass is 35.5. The highest BCUT2D eigenvalue weighted by Gasteiger charge is 2.28. The minimum Gasteiger partial charge on any atom is -0.296 e. The molecule has 1 aliphatic rings. The van der Waals surface area contributed by atoms with E-state index in [1.54, 1.807) is 18.2 Å². The molecule has 1 saturated heterocycles. The Kier molecular flexibility index (Phi) is 5.65. The zero-order chi connectivity index (χ0) is 18.0. The largest absolute Gasteiger partial charge is 0.296 e. The second-order valence-corrected chi connectivity index (χ2v) is 8.65. The van der Waals surface area contributed by atoms with Gasteiger partial charge >= 0.3 is 0 Å². The van der Waals surface area contributed by atoms with Gasteiger partial charge in [0.15, 0.2) is 0 Å². The van der Waals surface area contributed by atoms with Crippen LogP contribution in [0, 0.1) is 5.82 Å². The predicted octanol–water partition coefficient (Wildman–Crippen LogP) is 3.64. The van der Waals surface area contributed by atoms with Crippen LogP contribution in [0.25, 0.3) is 0 Å². The molecule has 8 heteroatoms. The normalized spacial score (nSPS) is 16.9. The molecule has 4 nitrogen and oxygen atoms in total. The van der Waals surface area contributed by atoms with E-state index in [1.807, 2.05) is 0 Å². The van der Waals surface area contributed by atoms with Gasteiger partial charge in [0, 0.05) is 42.8 Å². The molecule has 0 N–H and O–H groups in total. The highest BCUT2D eigenvalue weighted by molar-refractivity contribution is 7.89. The Morgan fingerprint density at radius 2 is 1.60 bits per heavy atom. The van der Waals surface area contributed by atoms with E-state index in [-0.39, 0.29) is 10.7 Å². The minimum atomic E-state index is -3.52. The number of sulfonamides is 1. The summed E-state index contributed by atoms with van der Waals surface area (Å²) in [6.07, 6.45) is 0. The van der Waals surface area contributed by atoms with Crippen molar-refractivity contribution in [2.45, 2.75) is 11.4 Å². The van der Waals surface area contributed by atoms with Crippen molar-refractivity contribution >= 4 is 33.2 Å².